The molecule has 2 rings (SSSR count). The van der Waals surface area contributed by atoms with Crippen molar-refractivity contribution in [3.05, 3.63) is 29.6 Å². The molecular formula is C9H10ClNO2. The largest absolute Gasteiger partial charge is 0.478 e. The highest BCUT2D eigenvalue weighted by Crippen LogP contribution is 2.38. The fraction of sp³-hybridized carbons (Fsp3) is 0.333. The van der Waals surface area contributed by atoms with Crippen molar-refractivity contribution in [3.8, 4) is 0 Å². The molecule has 0 atom stereocenters. The molecule has 1 heterocycles. The van der Waals surface area contributed by atoms with Crippen LogP contribution in [0, 0.1) is 0 Å². The highest BCUT2D eigenvalue weighted by molar-refractivity contribution is 5.87. The van der Waals surface area contributed by atoms with Crippen molar-refractivity contribution < 1.29 is 9.90 Å². The van der Waals surface area contributed by atoms with Crippen LogP contribution in [0.25, 0.3) is 0 Å². The van der Waals surface area contributed by atoms with Gasteiger partial charge in [0.1, 0.15) is 0 Å². The zero-order valence-corrected chi connectivity index (χ0v) is 7.75. The lowest BCUT2D eigenvalue weighted by atomic mass is 10.2. The number of carbonyl (C=O) groups is 1. The van der Waals surface area contributed by atoms with Gasteiger partial charge in [-0.3, -0.25) is 4.98 Å². The van der Waals surface area contributed by atoms with E-state index in [9.17, 15) is 4.79 Å². The van der Waals surface area contributed by atoms with E-state index in [4.69, 9.17) is 5.11 Å². The fourth-order valence-electron chi connectivity index (χ4n) is 1.18. The topological polar surface area (TPSA) is 50.2 Å². The maximum absolute atomic E-state index is 10.6. The Morgan fingerprint density at radius 1 is 1.54 bits per heavy atom. The molecule has 0 spiro atoms. The highest BCUT2D eigenvalue weighted by atomic mass is 35.5. The Balaban J connectivity index is 0.000000845. The molecule has 0 radical (unpaired) electrons. The molecule has 13 heavy (non-hydrogen) atoms. The molecule has 0 unspecified atom stereocenters. The van der Waals surface area contributed by atoms with Gasteiger partial charge in [0.2, 0.25) is 0 Å². The quantitative estimate of drug-likeness (QED) is 0.794. The Morgan fingerprint density at radius 3 is 2.77 bits per heavy atom. The lowest BCUT2D eigenvalue weighted by Gasteiger charge is -1.97. The Hall–Kier alpha value is -1.09. The smallest absolute Gasteiger partial charge is 0.335 e. The first kappa shape index (κ1) is 9.99. The van der Waals surface area contributed by atoms with Gasteiger partial charge in [-0.2, -0.15) is 0 Å². The summed E-state index contributed by atoms with van der Waals surface area (Å²) in [5, 5.41) is 8.68. The van der Waals surface area contributed by atoms with Gasteiger partial charge >= 0.3 is 5.97 Å². The summed E-state index contributed by atoms with van der Waals surface area (Å²) in [6.07, 6.45) is 3.86. The summed E-state index contributed by atoms with van der Waals surface area (Å²) in [7, 11) is 0. The van der Waals surface area contributed by atoms with Gasteiger partial charge in [-0.1, -0.05) is 0 Å². The third-order valence-corrected chi connectivity index (χ3v) is 2.02. The van der Waals surface area contributed by atoms with Crippen LogP contribution in [0.2, 0.25) is 0 Å². The van der Waals surface area contributed by atoms with Gasteiger partial charge in [0, 0.05) is 17.8 Å². The van der Waals surface area contributed by atoms with Crippen molar-refractivity contribution >= 4 is 18.4 Å². The van der Waals surface area contributed by atoms with Gasteiger partial charge in [0.15, 0.2) is 0 Å². The molecular weight excluding hydrogens is 190 g/mol. The van der Waals surface area contributed by atoms with Crippen LogP contribution in [0.1, 0.15) is 34.8 Å². The molecule has 0 saturated heterocycles. The molecule has 0 aromatic carbocycles. The maximum atomic E-state index is 10.6. The summed E-state index contributed by atoms with van der Waals surface area (Å²) in [5.74, 6) is -0.358. The standard InChI is InChI=1S/C9H9NO2.ClH/c11-9(12)7-3-4-10-8(5-7)6-1-2-6;/h3-6H,1-2H2,(H,11,12);1H. The molecule has 0 aliphatic heterocycles. The second-order valence-corrected chi connectivity index (χ2v) is 3.05. The molecule has 70 valence electrons. The molecule has 3 nitrogen and oxygen atoms in total. The number of hydrogen-bond donors (Lipinski definition) is 1. The van der Waals surface area contributed by atoms with Crippen molar-refractivity contribution in [1.82, 2.24) is 4.98 Å². The van der Waals surface area contributed by atoms with E-state index in [1.54, 1.807) is 12.3 Å². The molecule has 0 amide bonds. The minimum atomic E-state index is -0.876. The van der Waals surface area contributed by atoms with Crippen molar-refractivity contribution in [2.24, 2.45) is 0 Å². The summed E-state index contributed by atoms with van der Waals surface area (Å²) < 4.78 is 0. The lowest BCUT2D eigenvalue weighted by Crippen LogP contribution is -1.98. The van der Waals surface area contributed by atoms with Gasteiger partial charge in [0.25, 0.3) is 0 Å². The third-order valence-electron chi connectivity index (χ3n) is 2.02. The molecule has 1 aromatic heterocycles. The molecule has 1 aromatic rings. The van der Waals surface area contributed by atoms with E-state index < -0.39 is 5.97 Å². The van der Waals surface area contributed by atoms with E-state index in [-0.39, 0.29) is 12.4 Å². The van der Waals surface area contributed by atoms with E-state index in [0.29, 0.717) is 11.5 Å². The Kier molecular flexibility index (Phi) is 2.88. The Labute approximate surface area is 82.2 Å². The maximum Gasteiger partial charge on any atom is 0.335 e. The molecule has 1 N–H and O–H groups in total. The third kappa shape index (κ3) is 2.18. The van der Waals surface area contributed by atoms with Crippen LogP contribution >= 0.6 is 12.4 Å². The zero-order valence-electron chi connectivity index (χ0n) is 6.93. The summed E-state index contributed by atoms with van der Waals surface area (Å²) in [6, 6.07) is 3.19. The predicted molar refractivity (Wildman–Crippen MR) is 50.4 cm³/mol. The zero-order chi connectivity index (χ0) is 8.55. The molecule has 0 bridgehead atoms. The van der Waals surface area contributed by atoms with Crippen molar-refractivity contribution in [3.63, 3.8) is 0 Å². The van der Waals surface area contributed by atoms with Gasteiger partial charge in [-0.15, -0.1) is 12.4 Å². The second-order valence-electron chi connectivity index (χ2n) is 3.05. The van der Waals surface area contributed by atoms with Gasteiger partial charge in [0.05, 0.1) is 5.56 Å². The average Bonchev–Trinajstić information content (AvgIpc) is 2.87. The van der Waals surface area contributed by atoms with Crippen LogP contribution in [-0.2, 0) is 0 Å². The number of rotatable bonds is 2. The Bertz CT molecular complexity index is 323. The number of halogens is 1. The van der Waals surface area contributed by atoms with Crippen LogP contribution in [0.5, 0.6) is 0 Å². The second kappa shape index (κ2) is 3.75. The number of carboxylic acid groups (broad SMARTS) is 1. The van der Waals surface area contributed by atoms with Crippen LogP contribution in [0.15, 0.2) is 18.3 Å². The van der Waals surface area contributed by atoms with E-state index >= 15 is 0 Å². The first-order chi connectivity index (χ1) is 5.77. The predicted octanol–water partition coefficient (Wildman–Crippen LogP) is 2.08. The number of aromatic carboxylic acids is 1. The molecule has 1 saturated carbocycles. The molecule has 1 aliphatic rings. The Morgan fingerprint density at radius 2 is 2.23 bits per heavy atom. The van der Waals surface area contributed by atoms with E-state index in [1.165, 1.54) is 6.07 Å². The van der Waals surface area contributed by atoms with Crippen molar-refractivity contribution in [2.75, 3.05) is 0 Å². The molecule has 1 fully saturated rings. The lowest BCUT2D eigenvalue weighted by molar-refractivity contribution is 0.0696. The number of nitrogens with zero attached hydrogens (tertiary/aromatic N) is 1. The normalized spacial score (nSPS) is 14.8. The van der Waals surface area contributed by atoms with E-state index in [2.05, 4.69) is 4.98 Å². The number of aromatic nitrogens is 1. The number of pyridine rings is 1. The SMILES string of the molecule is Cl.O=C(O)c1ccnc(C2CC2)c1. The van der Waals surface area contributed by atoms with Crippen LogP contribution in [0.3, 0.4) is 0 Å². The summed E-state index contributed by atoms with van der Waals surface area (Å²) in [5.41, 5.74) is 1.27. The van der Waals surface area contributed by atoms with Crippen LogP contribution in [0.4, 0.5) is 0 Å². The van der Waals surface area contributed by atoms with Gasteiger partial charge in [-0.25, -0.2) is 4.79 Å². The van der Waals surface area contributed by atoms with E-state index in [0.717, 1.165) is 18.5 Å². The molecule has 1 aliphatic carbocycles. The van der Waals surface area contributed by atoms with Crippen molar-refractivity contribution in [2.45, 2.75) is 18.8 Å². The van der Waals surface area contributed by atoms with Crippen molar-refractivity contribution in [1.29, 1.82) is 0 Å². The van der Waals surface area contributed by atoms with Crippen LogP contribution < -0.4 is 0 Å². The average molecular weight is 200 g/mol. The van der Waals surface area contributed by atoms with E-state index in [1.807, 2.05) is 0 Å². The van der Waals surface area contributed by atoms with Gasteiger partial charge in [-0.05, 0) is 25.0 Å². The minimum absolute atomic E-state index is 0. The summed E-state index contributed by atoms with van der Waals surface area (Å²) in [6.45, 7) is 0. The highest BCUT2D eigenvalue weighted by Gasteiger charge is 2.25. The molecule has 4 heteroatoms. The number of hydrogen-bond acceptors (Lipinski definition) is 2. The summed E-state index contributed by atoms with van der Waals surface area (Å²) >= 11 is 0. The first-order valence-corrected chi connectivity index (χ1v) is 3.96. The first-order valence-electron chi connectivity index (χ1n) is 3.96. The number of carboxylic acids is 1. The minimum Gasteiger partial charge on any atom is -0.478 e. The monoisotopic (exact) mass is 199 g/mol. The summed E-state index contributed by atoms with van der Waals surface area (Å²) in [4.78, 5) is 14.7. The van der Waals surface area contributed by atoms with Gasteiger partial charge < -0.3 is 5.11 Å². The fourth-order valence-corrected chi connectivity index (χ4v) is 1.18. The van der Waals surface area contributed by atoms with Crippen LogP contribution in [-0.4, -0.2) is 16.1 Å².